The van der Waals surface area contributed by atoms with Crippen LogP contribution in [0, 0.1) is 0 Å². The molecule has 1 unspecified atom stereocenters. The summed E-state index contributed by atoms with van der Waals surface area (Å²) < 4.78 is 20.3. The van der Waals surface area contributed by atoms with E-state index in [0.29, 0.717) is 23.3 Å². The molecule has 1 aliphatic heterocycles. The first-order chi connectivity index (χ1) is 5.41. The van der Waals surface area contributed by atoms with Crippen LogP contribution in [0.15, 0.2) is 0 Å². The van der Waals surface area contributed by atoms with Gasteiger partial charge in [0.1, 0.15) is 0 Å². The molecule has 0 aromatic rings. The van der Waals surface area contributed by atoms with Gasteiger partial charge in [-0.3, -0.25) is 4.52 Å². The van der Waals surface area contributed by atoms with Gasteiger partial charge in [-0.05, 0) is 19.3 Å². The van der Waals surface area contributed by atoms with Gasteiger partial charge in [-0.1, -0.05) is 0 Å². The van der Waals surface area contributed by atoms with Gasteiger partial charge in [0.25, 0.3) is 0 Å². The van der Waals surface area contributed by atoms with Crippen molar-refractivity contribution in [1.29, 1.82) is 0 Å². The van der Waals surface area contributed by atoms with Crippen molar-refractivity contribution < 1.29 is 23.6 Å². The number of ether oxygens (including phenoxy) is 1. The molecule has 0 aliphatic carbocycles. The SMILES string of the molecule is O=P(O)(O)OC1([SiH3])CCCCO1.[NaH]. The normalized spacial score (nSPS) is 29.7. The number of hydrogen-bond donors (Lipinski definition) is 2. The molecule has 1 rings (SSSR count). The molecule has 0 radical (unpaired) electrons. The molecule has 1 atom stereocenters. The third kappa shape index (κ3) is 5.66. The minimum atomic E-state index is -4.39. The fourth-order valence-corrected chi connectivity index (χ4v) is 3.15. The average molecular weight is 236 g/mol. The summed E-state index contributed by atoms with van der Waals surface area (Å²) in [5.41, 5.74) is -0.961. The molecule has 1 saturated heterocycles. The van der Waals surface area contributed by atoms with Crippen LogP contribution < -0.4 is 0 Å². The van der Waals surface area contributed by atoms with Gasteiger partial charge in [-0.25, -0.2) is 4.57 Å². The standard InChI is InChI=1S/C5H13O5PSi.Na.H/c6-11(7,8)10-5(12)3-1-2-4-9-5;;/h1-4H2,12H3,(H2,6,7,8);;. The van der Waals surface area contributed by atoms with Crippen molar-refractivity contribution in [3.05, 3.63) is 0 Å². The fourth-order valence-electron chi connectivity index (χ4n) is 1.23. The molecule has 0 bridgehead atoms. The van der Waals surface area contributed by atoms with Crippen molar-refractivity contribution in [3.8, 4) is 0 Å². The van der Waals surface area contributed by atoms with Gasteiger partial charge in [0.15, 0.2) is 5.41 Å². The Morgan fingerprint density at radius 1 is 1.46 bits per heavy atom. The molecule has 0 saturated carbocycles. The summed E-state index contributed by atoms with van der Waals surface area (Å²) in [5, 5.41) is 0. The Morgan fingerprint density at radius 2 is 2.08 bits per heavy atom. The summed E-state index contributed by atoms with van der Waals surface area (Å²) in [7, 11) is -3.92. The molecule has 2 N–H and O–H groups in total. The van der Waals surface area contributed by atoms with Gasteiger partial charge in [0.05, 0.1) is 10.2 Å². The molecule has 5 nitrogen and oxygen atoms in total. The summed E-state index contributed by atoms with van der Waals surface area (Å²) in [4.78, 5) is 17.1. The van der Waals surface area contributed by atoms with Crippen LogP contribution in [0.3, 0.4) is 0 Å². The van der Waals surface area contributed by atoms with E-state index in [1.807, 2.05) is 0 Å². The molecular formula is C5H14NaO5PSi. The Hall–Kier alpha value is 1.29. The molecule has 74 valence electrons. The first-order valence-corrected chi connectivity index (χ1v) is 6.35. The molecule has 0 spiro atoms. The van der Waals surface area contributed by atoms with Gasteiger partial charge in [0.2, 0.25) is 0 Å². The van der Waals surface area contributed by atoms with Gasteiger partial charge in [-0.2, -0.15) is 0 Å². The van der Waals surface area contributed by atoms with Crippen LogP contribution in [0.2, 0.25) is 0 Å². The Kier molecular flexibility index (Phi) is 5.93. The molecule has 0 aromatic heterocycles. The minimum absolute atomic E-state index is 0. The molecule has 1 heterocycles. The van der Waals surface area contributed by atoms with Gasteiger partial charge in [0, 0.05) is 6.61 Å². The van der Waals surface area contributed by atoms with E-state index in [2.05, 4.69) is 4.52 Å². The van der Waals surface area contributed by atoms with Crippen molar-refractivity contribution in [1.82, 2.24) is 0 Å². The van der Waals surface area contributed by atoms with Crippen LogP contribution >= 0.6 is 7.82 Å². The predicted molar refractivity (Wildman–Crippen MR) is 52.8 cm³/mol. The molecule has 1 aliphatic rings. The number of phosphoric acid groups is 1. The molecular weight excluding hydrogens is 222 g/mol. The number of phosphoric ester groups is 1. The molecule has 13 heavy (non-hydrogen) atoms. The quantitative estimate of drug-likeness (QED) is 0.459. The second-order valence-corrected chi connectivity index (χ2v) is 5.71. The fraction of sp³-hybridized carbons (Fsp3) is 1.00. The van der Waals surface area contributed by atoms with Gasteiger partial charge < -0.3 is 14.5 Å². The van der Waals surface area contributed by atoms with Crippen LogP contribution in [0.5, 0.6) is 0 Å². The van der Waals surface area contributed by atoms with Crippen LogP contribution in [-0.4, -0.2) is 61.6 Å². The van der Waals surface area contributed by atoms with Crippen molar-refractivity contribution in [2.75, 3.05) is 6.61 Å². The van der Waals surface area contributed by atoms with E-state index in [1.54, 1.807) is 0 Å². The zero-order chi connectivity index (χ0) is 9.24. The van der Waals surface area contributed by atoms with E-state index in [9.17, 15) is 4.57 Å². The van der Waals surface area contributed by atoms with Crippen LogP contribution in [0.1, 0.15) is 19.3 Å². The van der Waals surface area contributed by atoms with Crippen LogP contribution in [-0.2, 0) is 13.8 Å². The average Bonchev–Trinajstić information content (AvgIpc) is 1.83. The Balaban J connectivity index is 0.00000144. The van der Waals surface area contributed by atoms with E-state index < -0.39 is 13.2 Å². The zero-order valence-electron chi connectivity index (χ0n) is 6.89. The number of rotatable bonds is 2. The molecule has 0 amide bonds. The third-order valence-corrected chi connectivity index (χ3v) is 3.71. The van der Waals surface area contributed by atoms with E-state index >= 15 is 0 Å². The molecule has 0 aromatic carbocycles. The summed E-state index contributed by atoms with van der Waals surface area (Å²) in [6.07, 6.45) is 2.43. The second-order valence-electron chi connectivity index (χ2n) is 3.02. The van der Waals surface area contributed by atoms with Crippen molar-refractivity contribution >= 4 is 47.6 Å². The van der Waals surface area contributed by atoms with E-state index in [1.165, 1.54) is 0 Å². The predicted octanol–water partition coefficient (Wildman–Crippen LogP) is -1.33. The first kappa shape index (κ1) is 14.3. The van der Waals surface area contributed by atoms with E-state index in [4.69, 9.17) is 14.5 Å². The molecule has 8 heteroatoms. The summed E-state index contributed by atoms with van der Waals surface area (Å²) in [6, 6.07) is 0. The maximum absolute atomic E-state index is 10.5. The van der Waals surface area contributed by atoms with Gasteiger partial charge in [-0.15, -0.1) is 0 Å². The maximum atomic E-state index is 10.5. The summed E-state index contributed by atoms with van der Waals surface area (Å²) in [6.45, 7) is 0.531. The van der Waals surface area contributed by atoms with Crippen molar-refractivity contribution in [2.24, 2.45) is 0 Å². The van der Waals surface area contributed by atoms with Crippen LogP contribution in [0.4, 0.5) is 0 Å². The van der Waals surface area contributed by atoms with Crippen molar-refractivity contribution in [3.63, 3.8) is 0 Å². The summed E-state index contributed by atoms with van der Waals surface area (Å²) >= 11 is 0. The summed E-state index contributed by atoms with van der Waals surface area (Å²) in [5.74, 6) is 0. The first-order valence-electron chi connectivity index (χ1n) is 3.82. The third-order valence-electron chi connectivity index (χ3n) is 1.74. The topological polar surface area (TPSA) is 76.0 Å². The Labute approximate surface area is 102 Å². The van der Waals surface area contributed by atoms with E-state index in [0.717, 1.165) is 12.8 Å². The second kappa shape index (κ2) is 5.39. The Bertz CT molecular complexity index is 201. The zero-order valence-corrected chi connectivity index (χ0v) is 9.79. The monoisotopic (exact) mass is 236 g/mol. The molecule has 1 fully saturated rings. The van der Waals surface area contributed by atoms with Crippen molar-refractivity contribution in [2.45, 2.75) is 24.7 Å². The van der Waals surface area contributed by atoms with Gasteiger partial charge >= 0.3 is 37.4 Å². The number of hydrogen-bond acceptors (Lipinski definition) is 3. The van der Waals surface area contributed by atoms with E-state index in [-0.39, 0.29) is 29.6 Å². The Morgan fingerprint density at radius 3 is 2.46 bits per heavy atom. The van der Waals surface area contributed by atoms with Crippen LogP contribution in [0.25, 0.3) is 0 Å².